The standard InChI is InChI=1S/C17H21IN2O/c1-10(2)7-14-16(18)17(21)20-15(19-14)9-13-6-5-11(3)12(4)8-13/h5-6,8,10H,7,9H2,1-4H3,(H,19,20,21). The van der Waals surface area contributed by atoms with Gasteiger partial charge in [0, 0.05) is 6.42 Å². The number of halogens is 1. The Bertz CT molecular complexity index is 704. The van der Waals surface area contributed by atoms with E-state index in [-0.39, 0.29) is 5.56 Å². The van der Waals surface area contributed by atoms with Crippen LogP contribution in [0.15, 0.2) is 23.0 Å². The summed E-state index contributed by atoms with van der Waals surface area (Å²) in [6.45, 7) is 8.49. The molecule has 0 bridgehead atoms. The van der Waals surface area contributed by atoms with Crippen LogP contribution < -0.4 is 5.56 Å². The quantitative estimate of drug-likeness (QED) is 0.800. The number of rotatable bonds is 4. The average molecular weight is 396 g/mol. The van der Waals surface area contributed by atoms with Gasteiger partial charge in [0.2, 0.25) is 0 Å². The molecular weight excluding hydrogens is 375 g/mol. The molecule has 0 spiro atoms. The maximum Gasteiger partial charge on any atom is 0.264 e. The van der Waals surface area contributed by atoms with Crippen LogP contribution in [0, 0.1) is 23.3 Å². The predicted octanol–water partition coefficient (Wildman–Crippen LogP) is 3.78. The minimum atomic E-state index is -0.0277. The second-order valence-corrected chi connectivity index (χ2v) is 7.05. The summed E-state index contributed by atoms with van der Waals surface area (Å²) in [7, 11) is 0. The molecule has 0 radical (unpaired) electrons. The maximum absolute atomic E-state index is 12.1. The molecule has 0 atom stereocenters. The topological polar surface area (TPSA) is 45.8 Å². The Labute approximate surface area is 139 Å². The molecule has 0 aliphatic rings. The second kappa shape index (κ2) is 6.73. The highest BCUT2D eigenvalue weighted by molar-refractivity contribution is 14.1. The van der Waals surface area contributed by atoms with Gasteiger partial charge >= 0.3 is 0 Å². The molecule has 4 heteroatoms. The number of H-pyrrole nitrogens is 1. The zero-order valence-corrected chi connectivity index (χ0v) is 15.1. The number of aromatic amines is 1. The molecule has 0 saturated heterocycles. The Kier molecular flexibility index (Phi) is 5.19. The summed E-state index contributed by atoms with van der Waals surface area (Å²) in [6, 6.07) is 6.38. The molecule has 1 heterocycles. The van der Waals surface area contributed by atoms with Crippen molar-refractivity contribution in [2.75, 3.05) is 0 Å². The van der Waals surface area contributed by atoms with Gasteiger partial charge in [-0.3, -0.25) is 4.79 Å². The molecule has 0 saturated carbocycles. The number of hydrogen-bond donors (Lipinski definition) is 1. The predicted molar refractivity (Wildman–Crippen MR) is 94.8 cm³/mol. The molecule has 3 nitrogen and oxygen atoms in total. The molecule has 0 amide bonds. The van der Waals surface area contributed by atoms with E-state index in [1.807, 2.05) is 0 Å². The lowest BCUT2D eigenvalue weighted by Gasteiger charge is -2.09. The molecule has 1 aromatic heterocycles. The molecule has 0 aliphatic carbocycles. The van der Waals surface area contributed by atoms with E-state index in [0.29, 0.717) is 15.9 Å². The van der Waals surface area contributed by atoms with E-state index < -0.39 is 0 Å². The Balaban J connectivity index is 2.33. The number of aromatic nitrogens is 2. The monoisotopic (exact) mass is 396 g/mol. The van der Waals surface area contributed by atoms with Gasteiger partial charge in [-0.25, -0.2) is 4.98 Å². The molecule has 2 rings (SSSR count). The number of benzene rings is 1. The van der Waals surface area contributed by atoms with Crippen molar-refractivity contribution < 1.29 is 0 Å². The molecule has 21 heavy (non-hydrogen) atoms. The third-order valence-corrected chi connectivity index (χ3v) is 4.64. The molecule has 1 N–H and O–H groups in total. The van der Waals surface area contributed by atoms with Crippen LogP contribution in [-0.4, -0.2) is 9.97 Å². The summed E-state index contributed by atoms with van der Waals surface area (Å²) in [5, 5.41) is 0. The number of hydrogen-bond acceptors (Lipinski definition) is 2. The lowest BCUT2D eigenvalue weighted by atomic mass is 10.0. The van der Waals surface area contributed by atoms with Crippen LogP contribution >= 0.6 is 22.6 Å². The molecule has 112 valence electrons. The summed E-state index contributed by atoms with van der Waals surface area (Å²) >= 11 is 2.09. The van der Waals surface area contributed by atoms with Gasteiger partial charge in [0.15, 0.2) is 0 Å². The van der Waals surface area contributed by atoms with Gasteiger partial charge < -0.3 is 4.98 Å². The van der Waals surface area contributed by atoms with Crippen LogP contribution in [0.5, 0.6) is 0 Å². The van der Waals surface area contributed by atoms with Crippen molar-refractivity contribution in [3.05, 3.63) is 60.3 Å². The zero-order valence-electron chi connectivity index (χ0n) is 13.0. The number of aryl methyl sites for hydroxylation is 2. The highest BCUT2D eigenvalue weighted by atomic mass is 127. The lowest BCUT2D eigenvalue weighted by molar-refractivity contribution is 0.626. The van der Waals surface area contributed by atoms with Gasteiger partial charge in [0.25, 0.3) is 5.56 Å². The lowest BCUT2D eigenvalue weighted by Crippen LogP contribution is -2.19. The Morgan fingerprint density at radius 1 is 1.24 bits per heavy atom. The average Bonchev–Trinajstić information content (AvgIpc) is 2.39. The van der Waals surface area contributed by atoms with Crippen molar-refractivity contribution in [2.24, 2.45) is 5.92 Å². The van der Waals surface area contributed by atoms with Crippen LogP contribution in [-0.2, 0) is 12.8 Å². The molecule has 1 aromatic carbocycles. The minimum absolute atomic E-state index is 0.0277. The van der Waals surface area contributed by atoms with E-state index in [2.05, 4.69) is 78.5 Å². The zero-order chi connectivity index (χ0) is 15.6. The van der Waals surface area contributed by atoms with Crippen LogP contribution in [0.25, 0.3) is 0 Å². The van der Waals surface area contributed by atoms with Crippen LogP contribution in [0.1, 0.15) is 42.1 Å². The summed E-state index contributed by atoms with van der Waals surface area (Å²) in [6.07, 6.45) is 1.50. The van der Waals surface area contributed by atoms with E-state index in [9.17, 15) is 4.79 Å². The molecule has 0 fully saturated rings. The number of nitrogens with zero attached hydrogens (tertiary/aromatic N) is 1. The van der Waals surface area contributed by atoms with Gasteiger partial charge in [-0.2, -0.15) is 0 Å². The van der Waals surface area contributed by atoms with E-state index in [1.165, 1.54) is 16.7 Å². The van der Waals surface area contributed by atoms with E-state index >= 15 is 0 Å². The Morgan fingerprint density at radius 2 is 1.95 bits per heavy atom. The van der Waals surface area contributed by atoms with Crippen LogP contribution in [0.2, 0.25) is 0 Å². The summed E-state index contributed by atoms with van der Waals surface area (Å²) in [5.74, 6) is 1.24. The molecule has 0 aliphatic heterocycles. The van der Waals surface area contributed by atoms with Crippen molar-refractivity contribution in [3.63, 3.8) is 0 Å². The molecular formula is C17H21IN2O. The first-order valence-electron chi connectivity index (χ1n) is 7.20. The van der Waals surface area contributed by atoms with Crippen LogP contribution in [0.4, 0.5) is 0 Å². The van der Waals surface area contributed by atoms with Crippen LogP contribution in [0.3, 0.4) is 0 Å². The molecule has 0 unspecified atom stereocenters. The fourth-order valence-corrected chi connectivity index (χ4v) is 2.75. The van der Waals surface area contributed by atoms with E-state index in [0.717, 1.165) is 17.9 Å². The van der Waals surface area contributed by atoms with Crippen molar-refractivity contribution in [1.29, 1.82) is 0 Å². The summed E-state index contributed by atoms with van der Waals surface area (Å²) in [5.41, 5.74) is 4.61. The minimum Gasteiger partial charge on any atom is -0.309 e. The smallest absolute Gasteiger partial charge is 0.264 e. The fourth-order valence-electron chi connectivity index (χ4n) is 2.27. The first kappa shape index (κ1) is 16.2. The third kappa shape index (κ3) is 4.15. The van der Waals surface area contributed by atoms with Crippen molar-refractivity contribution in [3.8, 4) is 0 Å². The second-order valence-electron chi connectivity index (χ2n) is 5.97. The Hall–Kier alpha value is -1.17. The van der Waals surface area contributed by atoms with Gasteiger partial charge in [-0.1, -0.05) is 32.0 Å². The van der Waals surface area contributed by atoms with Gasteiger partial charge in [-0.05, 0) is 65.5 Å². The van der Waals surface area contributed by atoms with Gasteiger partial charge in [-0.15, -0.1) is 0 Å². The largest absolute Gasteiger partial charge is 0.309 e. The van der Waals surface area contributed by atoms with Gasteiger partial charge in [0.1, 0.15) is 5.82 Å². The first-order valence-corrected chi connectivity index (χ1v) is 8.28. The molecule has 2 aromatic rings. The highest BCUT2D eigenvalue weighted by Gasteiger charge is 2.11. The van der Waals surface area contributed by atoms with Gasteiger partial charge in [0.05, 0.1) is 9.26 Å². The first-order chi connectivity index (χ1) is 9.86. The van der Waals surface area contributed by atoms with E-state index in [1.54, 1.807) is 0 Å². The maximum atomic E-state index is 12.1. The van der Waals surface area contributed by atoms with Crippen molar-refractivity contribution in [1.82, 2.24) is 9.97 Å². The van der Waals surface area contributed by atoms with Crippen molar-refractivity contribution >= 4 is 22.6 Å². The van der Waals surface area contributed by atoms with Crippen molar-refractivity contribution in [2.45, 2.75) is 40.5 Å². The Morgan fingerprint density at radius 3 is 2.57 bits per heavy atom. The van der Waals surface area contributed by atoms with E-state index in [4.69, 9.17) is 0 Å². The third-order valence-electron chi connectivity index (χ3n) is 3.52. The highest BCUT2D eigenvalue weighted by Crippen LogP contribution is 2.14. The normalized spacial score (nSPS) is 11.1. The fraction of sp³-hybridized carbons (Fsp3) is 0.412. The summed E-state index contributed by atoms with van der Waals surface area (Å²) < 4.78 is 0.713. The summed E-state index contributed by atoms with van der Waals surface area (Å²) in [4.78, 5) is 19.6. The SMILES string of the molecule is Cc1ccc(Cc2nc(CC(C)C)c(I)c(=O)[nH]2)cc1C. The number of nitrogens with one attached hydrogen (secondary N) is 1.